The van der Waals surface area contributed by atoms with E-state index >= 15 is 0 Å². The molecule has 0 aromatic heterocycles. The number of fused-ring (bicyclic) bond motifs is 5. The van der Waals surface area contributed by atoms with Gasteiger partial charge < -0.3 is 9.84 Å². The molecule has 0 spiro atoms. The third-order valence-corrected chi connectivity index (χ3v) is 11.2. The molecule has 8 atom stereocenters. The molecule has 3 nitrogen and oxygen atoms in total. The minimum atomic E-state index is -0.116. The SMILES string of the molecule is CCCCCCCOC(=O)CC[C@@H](C)[C@H]1CC[C@H]2[C@@H]3CC=C4C[C@@H](O)CC[C@]4(C)[C@H]3CC[C@]12C. The van der Waals surface area contributed by atoms with E-state index in [1.807, 2.05) is 0 Å². The average Bonchev–Trinajstić information content (AvgIpc) is 3.17. The van der Waals surface area contributed by atoms with Crippen molar-refractivity contribution in [2.45, 2.75) is 130 Å². The van der Waals surface area contributed by atoms with Gasteiger partial charge in [-0.1, -0.05) is 65.0 Å². The molecular formula is C31H52O3. The summed E-state index contributed by atoms with van der Waals surface area (Å²) in [4.78, 5) is 12.3. The topological polar surface area (TPSA) is 46.5 Å². The predicted octanol–water partition coefficient (Wildman–Crippen LogP) is 7.86. The van der Waals surface area contributed by atoms with Gasteiger partial charge in [-0.15, -0.1) is 0 Å². The van der Waals surface area contributed by atoms with E-state index in [1.54, 1.807) is 5.57 Å². The number of esters is 1. The lowest BCUT2D eigenvalue weighted by molar-refractivity contribution is -0.144. The van der Waals surface area contributed by atoms with Crippen LogP contribution in [0.2, 0.25) is 0 Å². The summed E-state index contributed by atoms with van der Waals surface area (Å²) in [5.41, 5.74) is 2.33. The largest absolute Gasteiger partial charge is 0.466 e. The van der Waals surface area contributed by atoms with E-state index in [0.29, 0.717) is 29.8 Å². The first kappa shape index (κ1) is 26.2. The van der Waals surface area contributed by atoms with Crippen molar-refractivity contribution in [1.29, 1.82) is 0 Å². The van der Waals surface area contributed by atoms with Gasteiger partial charge in [0.2, 0.25) is 0 Å². The van der Waals surface area contributed by atoms with Gasteiger partial charge in [-0.05, 0) is 105 Å². The van der Waals surface area contributed by atoms with Crippen LogP contribution >= 0.6 is 0 Å². The second-order valence-electron chi connectivity index (χ2n) is 13.0. The molecule has 0 heterocycles. The Morgan fingerprint density at radius 1 is 1.09 bits per heavy atom. The van der Waals surface area contributed by atoms with Gasteiger partial charge in [-0.3, -0.25) is 4.79 Å². The highest BCUT2D eigenvalue weighted by atomic mass is 16.5. The van der Waals surface area contributed by atoms with Gasteiger partial charge in [0.25, 0.3) is 0 Å². The molecule has 0 aromatic carbocycles. The first-order valence-electron chi connectivity index (χ1n) is 14.8. The van der Waals surface area contributed by atoms with Crippen LogP contribution in [0.3, 0.4) is 0 Å². The van der Waals surface area contributed by atoms with E-state index in [4.69, 9.17) is 4.74 Å². The minimum absolute atomic E-state index is 0.0168. The highest BCUT2D eigenvalue weighted by molar-refractivity contribution is 5.69. The fourth-order valence-corrected chi connectivity index (χ4v) is 9.13. The molecule has 4 aliphatic rings. The number of unbranched alkanes of at least 4 members (excludes halogenated alkanes) is 4. The van der Waals surface area contributed by atoms with Crippen molar-refractivity contribution in [2.24, 2.45) is 40.4 Å². The van der Waals surface area contributed by atoms with Gasteiger partial charge in [0.1, 0.15) is 0 Å². The van der Waals surface area contributed by atoms with Gasteiger partial charge in [0.05, 0.1) is 12.7 Å². The fourth-order valence-electron chi connectivity index (χ4n) is 9.13. The number of carbonyl (C=O) groups excluding carboxylic acids is 1. The van der Waals surface area contributed by atoms with Gasteiger partial charge >= 0.3 is 5.97 Å². The van der Waals surface area contributed by atoms with Crippen molar-refractivity contribution in [3.63, 3.8) is 0 Å². The Kier molecular flexibility index (Phi) is 8.53. The second-order valence-corrected chi connectivity index (χ2v) is 13.0. The van der Waals surface area contributed by atoms with Crippen molar-refractivity contribution in [1.82, 2.24) is 0 Å². The lowest BCUT2D eigenvalue weighted by Crippen LogP contribution is -2.50. The van der Waals surface area contributed by atoms with Gasteiger partial charge in [0, 0.05) is 6.42 Å². The van der Waals surface area contributed by atoms with Crippen molar-refractivity contribution >= 4 is 5.97 Å². The van der Waals surface area contributed by atoms with E-state index < -0.39 is 0 Å². The van der Waals surface area contributed by atoms with Crippen LogP contribution in [0.15, 0.2) is 11.6 Å². The van der Waals surface area contributed by atoms with Crippen LogP contribution in [0.25, 0.3) is 0 Å². The number of aliphatic hydroxyl groups excluding tert-OH is 1. The normalized spacial score (nSPS) is 40.0. The average molecular weight is 473 g/mol. The Labute approximate surface area is 209 Å². The maximum absolute atomic E-state index is 12.3. The number of ether oxygens (including phenoxy) is 1. The number of carbonyl (C=O) groups is 1. The molecule has 1 N–H and O–H groups in total. The fraction of sp³-hybridized carbons (Fsp3) is 0.903. The zero-order chi connectivity index (χ0) is 24.3. The number of hydrogen-bond acceptors (Lipinski definition) is 3. The molecule has 194 valence electrons. The summed E-state index contributed by atoms with van der Waals surface area (Å²) in [6.45, 7) is 10.4. The highest BCUT2D eigenvalue weighted by Crippen LogP contribution is 2.67. The number of aliphatic hydroxyl groups is 1. The Morgan fingerprint density at radius 2 is 1.88 bits per heavy atom. The standard InChI is InChI=1S/C31H52O3/c1-5-6-7-8-9-20-34-29(33)15-10-22(2)26-13-14-27-25-12-11-23-21-24(32)16-18-30(23,3)28(25)17-19-31(26,27)4/h11,22,24-28,32H,5-10,12-21H2,1-4H3/t22-,24+,25+,26-,27+,28+,30+,31-/m1/s1. The van der Waals surface area contributed by atoms with Gasteiger partial charge in [0.15, 0.2) is 0 Å². The lowest BCUT2D eigenvalue weighted by atomic mass is 9.47. The van der Waals surface area contributed by atoms with Crippen LogP contribution in [0, 0.1) is 40.4 Å². The van der Waals surface area contributed by atoms with Crippen molar-refractivity contribution < 1.29 is 14.6 Å². The summed E-state index contributed by atoms with van der Waals surface area (Å²) in [6.07, 6.45) is 19.7. The van der Waals surface area contributed by atoms with Crippen LogP contribution in [0.5, 0.6) is 0 Å². The summed E-state index contributed by atoms with van der Waals surface area (Å²) in [6, 6.07) is 0. The molecule has 0 radical (unpaired) electrons. The molecule has 3 fully saturated rings. The molecule has 34 heavy (non-hydrogen) atoms. The molecule has 0 aromatic rings. The van der Waals surface area contributed by atoms with E-state index in [0.717, 1.165) is 49.4 Å². The molecule has 3 heteroatoms. The Bertz CT molecular complexity index is 728. The molecule has 4 aliphatic carbocycles. The molecule has 4 rings (SSSR count). The highest BCUT2D eigenvalue weighted by Gasteiger charge is 2.59. The Hall–Kier alpha value is -0.830. The lowest BCUT2D eigenvalue weighted by Gasteiger charge is -2.58. The summed E-state index contributed by atoms with van der Waals surface area (Å²) < 4.78 is 5.54. The van der Waals surface area contributed by atoms with E-state index in [9.17, 15) is 9.90 Å². The third-order valence-electron chi connectivity index (χ3n) is 11.2. The van der Waals surface area contributed by atoms with Gasteiger partial charge in [-0.25, -0.2) is 0 Å². The van der Waals surface area contributed by atoms with Crippen LogP contribution in [0.1, 0.15) is 124 Å². The minimum Gasteiger partial charge on any atom is -0.466 e. The maximum Gasteiger partial charge on any atom is 0.305 e. The van der Waals surface area contributed by atoms with Gasteiger partial charge in [-0.2, -0.15) is 0 Å². The van der Waals surface area contributed by atoms with E-state index in [1.165, 1.54) is 64.2 Å². The van der Waals surface area contributed by atoms with Crippen molar-refractivity contribution in [3.8, 4) is 0 Å². The molecule has 3 saturated carbocycles. The first-order valence-corrected chi connectivity index (χ1v) is 14.8. The van der Waals surface area contributed by atoms with Crippen LogP contribution < -0.4 is 0 Å². The first-order chi connectivity index (χ1) is 16.3. The third kappa shape index (κ3) is 5.16. The predicted molar refractivity (Wildman–Crippen MR) is 139 cm³/mol. The quantitative estimate of drug-likeness (QED) is 0.200. The zero-order valence-corrected chi connectivity index (χ0v) is 22.6. The molecule has 0 saturated heterocycles. The smallest absolute Gasteiger partial charge is 0.305 e. The van der Waals surface area contributed by atoms with Crippen LogP contribution in [-0.4, -0.2) is 23.8 Å². The maximum atomic E-state index is 12.3. The second kappa shape index (κ2) is 11.1. The molecule has 0 bridgehead atoms. The summed E-state index contributed by atoms with van der Waals surface area (Å²) in [5, 5.41) is 10.3. The van der Waals surface area contributed by atoms with Crippen molar-refractivity contribution in [3.05, 3.63) is 11.6 Å². The summed E-state index contributed by atoms with van der Waals surface area (Å²) in [5.74, 6) is 3.81. The number of rotatable bonds is 10. The summed E-state index contributed by atoms with van der Waals surface area (Å²) in [7, 11) is 0. The molecule has 0 amide bonds. The molecule has 0 unspecified atom stereocenters. The number of hydrogen-bond donors (Lipinski definition) is 1. The Balaban J connectivity index is 1.30. The van der Waals surface area contributed by atoms with Crippen LogP contribution in [0.4, 0.5) is 0 Å². The molecule has 0 aliphatic heterocycles. The monoisotopic (exact) mass is 472 g/mol. The van der Waals surface area contributed by atoms with Crippen molar-refractivity contribution in [2.75, 3.05) is 6.61 Å². The van der Waals surface area contributed by atoms with E-state index in [-0.39, 0.29) is 12.1 Å². The Morgan fingerprint density at radius 3 is 2.68 bits per heavy atom. The van der Waals surface area contributed by atoms with Crippen LogP contribution in [-0.2, 0) is 9.53 Å². The number of allylic oxidation sites excluding steroid dienone is 1. The molecular weight excluding hydrogens is 420 g/mol. The zero-order valence-electron chi connectivity index (χ0n) is 22.6. The van der Waals surface area contributed by atoms with E-state index in [2.05, 4.69) is 33.8 Å². The summed E-state index contributed by atoms with van der Waals surface area (Å²) >= 11 is 0.